The number of amides is 1. The van der Waals surface area contributed by atoms with Gasteiger partial charge in [-0.15, -0.1) is 0 Å². The third-order valence-corrected chi connectivity index (χ3v) is 3.96. The van der Waals surface area contributed by atoms with Crippen molar-refractivity contribution in [2.24, 2.45) is 5.92 Å². The highest BCUT2D eigenvalue weighted by molar-refractivity contribution is 6.09. The molecule has 0 saturated heterocycles. The number of nitrogens with one attached hydrogen (secondary N) is 2. The number of anilines is 1. The fourth-order valence-corrected chi connectivity index (χ4v) is 2.57. The monoisotopic (exact) mass is 269 g/mol. The molecule has 1 atom stereocenters. The van der Waals surface area contributed by atoms with Crippen LogP contribution in [-0.2, 0) is 0 Å². The Kier molecular flexibility index (Phi) is 3.30. The van der Waals surface area contributed by atoms with Crippen LogP contribution in [-0.4, -0.2) is 24.0 Å². The molecule has 2 N–H and O–H groups in total. The summed E-state index contributed by atoms with van der Waals surface area (Å²) in [7, 11) is 1.84. The van der Waals surface area contributed by atoms with E-state index >= 15 is 0 Å². The summed E-state index contributed by atoms with van der Waals surface area (Å²) in [5, 5.41) is 8.06. The van der Waals surface area contributed by atoms with Gasteiger partial charge in [-0.05, 0) is 31.1 Å². The van der Waals surface area contributed by atoms with Gasteiger partial charge in [0.05, 0.1) is 5.56 Å². The summed E-state index contributed by atoms with van der Waals surface area (Å²) >= 11 is 0. The lowest BCUT2D eigenvalue weighted by Gasteiger charge is -2.14. The largest absolute Gasteiger partial charge is 0.373 e. The first-order valence-electron chi connectivity index (χ1n) is 7.07. The third kappa shape index (κ3) is 2.33. The fraction of sp³-hybridized carbons (Fsp3) is 0.375. The maximum absolute atomic E-state index is 12.4. The molecule has 104 valence electrons. The Labute approximate surface area is 118 Å². The van der Waals surface area contributed by atoms with Crippen LogP contribution in [0.5, 0.6) is 0 Å². The third-order valence-electron chi connectivity index (χ3n) is 3.96. The zero-order valence-corrected chi connectivity index (χ0v) is 11.8. The minimum atomic E-state index is -0.0317. The van der Waals surface area contributed by atoms with Gasteiger partial charge in [-0.1, -0.05) is 24.3 Å². The van der Waals surface area contributed by atoms with Crippen molar-refractivity contribution in [3.63, 3.8) is 0 Å². The first-order chi connectivity index (χ1) is 9.70. The molecule has 3 rings (SSSR count). The molecule has 1 aliphatic carbocycles. The molecule has 1 aliphatic rings. The van der Waals surface area contributed by atoms with Crippen LogP contribution in [0.3, 0.4) is 0 Å². The van der Waals surface area contributed by atoms with Crippen LogP contribution in [0, 0.1) is 5.92 Å². The highest BCUT2D eigenvalue weighted by atomic mass is 16.1. The lowest BCUT2D eigenvalue weighted by atomic mass is 10.1. The predicted molar refractivity (Wildman–Crippen MR) is 80.9 cm³/mol. The summed E-state index contributed by atoms with van der Waals surface area (Å²) in [5.74, 6) is 1.41. The van der Waals surface area contributed by atoms with Crippen molar-refractivity contribution in [3.05, 3.63) is 36.0 Å². The number of fused-ring (bicyclic) bond motifs is 1. The highest BCUT2D eigenvalue weighted by Gasteiger charge is 2.29. The van der Waals surface area contributed by atoms with Gasteiger partial charge in [0.2, 0.25) is 0 Å². The lowest BCUT2D eigenvalue weighted by molar-refractivity contribution is 0.0937. The van der Waals surface area contributed by atoms with Crippen molar-refractivity contribution in [2.75, 3.05) is 12.4 Å². The van der Waals surface area contributed by atoms with E-state index < -0.39 is 0 Å². The highest BCUT2D eigenvalue weighted by Crippen LogP contribution is 2.32. The van der Waals surface area contributed by atoms with E-state index in [4.69, 9.17) is 0 Å². The second kappa shape index (κ2) is 5.12. The number of pyridine rings is 1. The standard InChI is InChI=1S/C16H19N3O/c1-10(11-7-8-11)19-16(20)14-9-18-15(17-2)13-6-4-3-5-12(13)14/h3-6,9-11H,7-8H2,1-2H3,(H,17,18)(H,19,20). The van der Waals surface area contributed by atoms with Crippen LogP contribution < -0.4 is 10.6 Å². The maximum Gasteiger partial charge on any atom is 0.253 e. The van der Waals surface area contributed by atoms with Gasteiger partial charge in [0, 0.05) is 24.7 Å². The van der Waals surface area contributed by atoms with E-state index in [0.29, 0.717) is 11.5 Å². The lowest BCUT2D eigenvalue weighted by Crippen LogP contribution is -2.34. The second-order valence-electron chi connectivity index (χ2n) is 5.42. The maximum atomic E-state index is 12.4. The Bertz CT molecular complexity index is 649. The quantitative estimate of drug-likeness (QED) is 0.897. The Morgan fingerprint density at radius 3 is 2.65 bits per heavy atom. The number of rotatable bonds is 4. The van der Waals surface area contributed by atoms with Crippen molar-refractivity contribution in [1.29, 1.82) is 0 Å². The molecule has 1 unspecified atom stereocenters. The Hall–Kier alpha value is -2.10. The van der Waals surface area contributed by atoms with Gasteiger partial charge in [0.1, 0.15) is 5.82 Å². The number of carbonyl (C=O) groups is 1. The minimum Gasteiger partial charge on any atom is -0.373 e. The van der Waals surface area contributed by atoms with Crippen molar-refractivity contribution in [3.8, 4) is 0 Å². The van der Waals surface area contributed by atoms with Crippen LogP contribution in [0.1, 0.15) is 30.1 Å². The Morgan fingerprint density at radius 1 is 1.30 bits per heavy atom. The Balaban J connectivity index is 1.96. The normalized spacial score (nSPS) is 15.9. The number of aromatic nitrogens is 1. The average molecular weight is 269 g/mol. The first-order valence-corrected chi connectivity index (χ1v) is 7.07. The van der Waals surface area contributed by atoms with E-state index in [1.807, 2.05) is 31.3 Å². The minimum absolute atomic E-state index is 0.0317. The van der Waals surface area contributed by atoms with Gasteiger partial charge in [0.25, 0.3) is 5.91 Å². The van der Waals surface area contributed by atoms with E-state index in [1.54, 1.807) is 6.20 Å². The molecule has 1 aromatic heterocycles. The van der Waals surface area contributed by atoms with E-state index in [-0.39, 0.29) is 11.9 Å². The summed E-state index contributed by atoms with van der Waals surface area (Å²) in [6.45, 7) is 2.08. The van der Waals surface area contributed by atoms with E-state index in [9.17, 15) is 4.79 Å². The number of benzene rings is 1. The smallest absolute Gasteiger partial charge is 0.253 e. The van der Waals surface area contributed by atoms with Gasteiger partial charge in [0.15, 0.2) is 0 Å². The van der Waals surface area contributed by atoms with Crippen LogP contribution in [0.4, 0.5) is 5.82 Å². The molecule has 0 radical (unpaired) electrons. The molecule has 0 bridgehead atoms. The van der Waals surface area contributed by atoms with Crippen LogP contribution in [0.2, 0.25) is 0 Å². The topological polar surface area (TPSA) is 54.0 Å². The SMILES string of the molecule is CNc1ncc(C(=O)NC(C)C2CC2)c2ccccc12. The van der Waals surface area contributed by atoms with E-state index in [0.717, 1.165) is 16.6 Å². The van der Waals surface area contributed by atoms with Gasteiger partial charge in [-0.2, -0.15) is 0 Å². The van der Waals surface area contributed by atoms with E-state index in [2.05, 4.69) is 22.5 Å². The number of hydrogen-bond acceptors (Lipinski definition) is 3. The number of hydrogen-bond donors (Lipinski definition) is 2. The predicted octanol–water partition coefficient (Wildman–Crippen LogP) is 2.80. The fourth-order valence-electron chi connectivity index (χ4n) is 2.57. The molecular formula is C16H19N3O. The molecular weight excluding hydrogens is 250 g/mol. The molecule has 20 heavy (non-hydrogen) atoms. The van der Waals surface area contributed by atoms with Gasteiger partial charge < -0.3 is 10.6 Å². The Morgan fingerprint density at radius 2 is 2.00 bits per heavy atom. The molecule has 2 aromatic rings. The van der Waals surface area contributed by atoms with Crippen LogP contribution >= 0.6 is 0 Å². The zero-order valence-electron chi connectivity index (χ0n) is 11.8. The molecule has 1 saturated carbocycles. The number of carbonyl (C=O) groups excluding carboxylic acids is 1. The number of nitrogens with zero attached hydrogens (tertiary/aromatic N) is 1. The van der Waals surface area contributed by atoms with Gasteiger partial charge in [-0.3, -0.25) is 4.79 Å². The average Bonchev–Trinajstić information content (AvgIpc) is 3.30. The second-order valence-corrected chi connectivity index (χ2v) is 5.42. The van der Waals surface area contributed by atoms with Crippen molar-refractivity contribution < 1.29 is 4.79 Å². The first kappa shape index (κ1) is 12.9. The van der Waals surface area contributed by atoms with Crippen LogP contribution in [0.25, 0.3) is 10.8 Å². The molecule has 4 nitrogen and oxygen atoms in total. The van der Waals surface area contributed by atoms with Crippen LogP contribution in [0.15, 0.2) is 30.5 Å². The molecule has 0 aliphatic heterocycles. The summed E-state index contributed by atoms with van der Waals surface area (Å²) in [6, 6.07) is 8.09. The molecule has 1 heterocycles. The molecule has 0 spiro atoms. The summed E-state index contributed by atoms with van der Waals surface area (Å²) in [4.78, 5) is 16.8. The molecule has 1 fully saturated rings. The van der Waals surface area contributed by atoms with Crippen molar-refractivity contribution in [2.45, 2.75) is 25.8 Å². The van der Waals surface area contributed by atoms with Gasteiger partial charge in [-0.25, -0.2) is 4.98 Å². The molecule has 1 aromatic carbocycles. The van der Waals surface area contributed by atoms with Crippen molar-refractivity contribution >= 4 is 22.5 Å². The van der Waals surface area contributed by atoms with Crippen molar-refractivity contribution in [1.82, 2.24) is 10.3 Å². The zero-order chi connectivity index (χ0) is 14.1. The van der Waals surface area contributed by atoms with Gasteiger partial charge >= 0.3 is 0 Å². The molecule has 1 amide bonds. The summed E-state index contributed by atoms with van der Waals surface area (Å²) in [6.07, 6.45) is 4.10. The molecule has 4 heteroatoms. The summed E-state index contributed by atoms with van der Waals surface area (Å²) in [5.41, 5.74) is 0.645. The van der Waals surface area contributed by atoms with E-state index in [1.165, 1.54) is 12.8 Å². The summed E-state index contributed by atoms with van der Waals surface area (Å²) < 4.78 is 0.